The van der Waals surface area contributed by atoms with Gasteiger partial charge < -0.3 is 4.90 Å². The number of sulfone groups is 1. The molecule has 8 heteroatoms. The van der Waals surface area contributed by atoms with Gasteiger partial charge in [-0.3, -0.25) is 4.79 Å². The third-order valence-electron chi connectivity index (χ3n) is 6.06. The molecule has 0 spiro atoms. The Kier molecular flexibility index (Phi) is 6.75. The second-order valence-corrected chi connectivity index (χ2v) is 10.6. The van der Waals surface area contributed by atoms with E-state index in [9.17, 15) is 18.5 Å². The molecule has 174 valence electrons. The Morgan fingerprint density at radius 3 is 2.56 bits per heavy atom. The lowest BCUT2D eigenvalue weighted by atomic mass is 9.95. The van der Waals surface area contributed by atoms with Crippen molar-refractivity contribution in [2.45, 2.75) is 37.6 Å². The van der Waals surface area contributed by atoms with Crippen molar-refractivity contribution >= 4 is 21.4 Å². The lowest BCUT2D eigenvalue weighted by Crippen LogP contribution is -2.30. The summed E-state index contributed by atoms with van der Waals surface area (Å²) in [5, 5.41) is 9.71. The Morgan fingerprint density at radius 2 is 1.85 bits per heavy atom. The second kappa shape index (κ2) is 9.74. The van der Waals surface area contributed by atoms with Gasteiger partial charge in [0.05, 0.1) is 5.56 Å². The number of piperidine rings is 1. The van der Waals surface area contributed by atoms with E-state index in [1.807, 2.05) is 25.1 Å². The number of anilines is 1. The van der Waals surface area contributed by atoms with E-state index in [2.05, 4.69) is 20.9 Å². The Morgan fingerprint density at radius 1 is 1.09 bits per heavy atom. The minimum absolute atomic E-state index is 0.0497. The largest absolute Gasteiger partial charge is 0.356 e. The zero-order valence-corrected chi connectivity index (χ0v) is 20.1. The van der Waals surface area contributed by atoms with Crippen LogP contribution in [0.4, 0.5) is 5.82 Å². The van der Waals surface area contributed by atoms with Crippen molar-refractivity contribution in [3.63, 3.8) is 0 Å². The first-order valence-electron chi connectivity index (χ1n) is 11.2. The molecule has 4 rings (SSSR count). The van der Waals surface area contributed by atoms with Gasteiger partial charge in [-0.1, -0.05) is 12.1 Å². The standard InChI is InChI=1S/C26H26N4O3S/c1-18-6-7-20(24(31)12-19-8-9-28-25(13-19)34(2,32)33)15-23(18)22-14-21(16-27)26(29-17-22)30-10-4-3-5-11-30/h6-9,13-15,17H,3-5,10-12H2,1-2H3. The summed E-state index contributed by atoms with van der Waals surface area (Å²) in [6.45, 7) is 3.76. The monoisotopic (exact) mass is 474 g/mol. The average molecular weight is 475 g/mol. The lowest BCUT2D eigenvalue weighted by Gasteiger charge is -2.28. The van der Waals surface area contributed by atoms with Gasteiger partial charge in [-0.2, -0.15) is 5.26 Å². The molecule has 1 aliphatic heterocycles. The number of carbonyl (C=O) groups is 1. The van der Waals surface area contributed by atoms with E-state index in [-0.39, 0.29) is 17.2 Å². The number of nitrogens with zero attached hydrogens (tertiary/aromatic N) is 4. The van der Waals surface area contributed by atoms with Crippen LogP contribution in [0.15, 0.2) is 53.8 Å². The van der Waals surface area contributed by atoms with Gasteiger partial charge in [-0.05, 0) is 67.1 Å². The first-order chi connectivity index (χ1) is 16.3. The Hall–Kier alpha value is -3.57. The molecule has 1 aliphatic rings. The molecular weight excluding hydrogens is 448 g/mol. The topological polar surface area (TPSA) is 104 Å². The van der Waals surface area contributed by atoms with Crippen LogP contribution in [0.25, 0.3) is 11.1 Å². The highest BCUT2D eigenvalue weighted by molar-refractivity contribution is 7.90. The van der Waals surface area contributed by atoms with Gasteiger partial charge in [-0.15, -0.1) is 0 Å². The van der Waals surface area contributed by atoms with Gasteiger partial charge in [-0.25, -0.2) is 18.4 Å². The summed E-state index contributed by atoms with van der Waals surface area (Å²) in [6.07, 6.45) is 7.71. The van der Waals surface area contributed by atoms with E-state index in [1.165, 1.54) is 18.7 Å². The van der Waals surface area contributed by atoms with Gasteiger partial charge in [0.2, 0.25) is 0 Å². The molecule has 0 saturated carbocycles. The van der Waals surface area contributed by atoms with Crippen LogP contribution in [-0.2, 0) is 16.3 Å². The molecule has 1 aromatic carbocycles. The molecule has 34 heavy (non-hydrogen) atoms. The van der Waals surface area contributed by atoms with E-state index in [0.717, 1.165) is 54.7 Å². The van der Waals surface area contributed by atoms with Crippen molar-refractivity contribution in [3.8, 4) is 17.2 Å². The number of nitriles is 1. The van der Waals surface area contributed by atoms with Crippen LogP contribution in [0.2, 0.25) is 0 Å². The number of pyridine rings is 2. The zero-order chi connectivity index (χ0) is 24.3. The van der Waals surface area contributed by atoms with Crippen molar-refractivity contribution in [2.24, 2.45) is 0 Å². The highest BCUT2D eigenvalue weighted by atomic mass is 32.2. The first kappa shape index (κ1) is 23.6. The van der Waals surface area contributed by atoms with Gasteiger partial charge in [0.25, 0.3) is 0 Å². The summed E-state index contributed by atoms with van der Waals surface area (Å²) in [6, 6.07) is 12.7. The maximum atomic E-state index is 13.0. The van der Waals surface area contributed by atoms with Crippen molar-refractivity contribution in [2.75, 3.05) is 24.2 Å². The number of ketones is 1. The molecule has 3 heterocycles. The predicted molar refractivity (Wildman–Crippen MR) is 131 cm³/mol. The third kappa shape index (κ3) is 5.15. The Balaban J connectivity index is 1.62. The second-order valence-electron chi connectivity index (χ2n) is 8.66. The number of benzene rings is 1. The van der Waals surface area contributed by atoms with Gasteiger partial charge in [0, 0.05) is 49.3 Å². The van der Waals surface area contributed by atoms with Gasteiger partial charge >= 0.3 is 0 Å². The van der Waals surface area contributed by atoms with Crippen LogP contribution in [0.5, 0.6) is 0 Å². The van der Waals surface area contributed by atoms with Crippen molar-refractivity contribution in [1.82, 2.24) is 9.97 Å². The van der Waals surface area contributed by atoms with Crippen molar-refractivity contribution in [3.05, 3.63) is 71.0 Å². The molecule has 0 N–H and O–H groups in total. The molecular formula is C26H26N4O3S. The molecule has 0 atom stereocenters. The highest BCUT2D eigenvalue weighted by Crippen LogP contribution is 2.29. The minimum atomic E-state index is -3.45. The molecule has 0 bridgehead atoms. The molecule has 0 aliphatic carbocycles. The van der Waals surface area contributed by atoms with Crippen molar-refractivity contribution in [1.29, 1.82) is 5.26 Å². The fourth-order valence-corrected chi connectivity index (χ4v) is 4.82. The maximum absolute atomic E-state index is 13.0. The normalized spacial score (nSPS) is 14.0. The van der Waals surface area contributed by atoms with E-state index in [0.29, 0.717) is 16.7 Å². The molecule has 3 aromatic rings. The van der Waals surface area contributed by atoms with Crippen LogP contribution < -0.4 is 4.90 Å². The first-order valence-corrected chi connectivity index (χ1v) is 13.1. The summed E-state index contributed by atoms with van der Waals surface area (Å²) in [5.41, 5.74) is 4.22. The van der Waals surface area contributed by atoms with Crippen LogP contribution in [-0.4, -0.2) is 43.5 Å². The maximum Gasteiger partial charge on any atom is 0.192 e. The molecule has 0 unspecified atom stereocenters. The van der Waals surface area contributed by atoms with Gasteiger partial charge in [0.1, 0.15) is 11.9 Å². The van der Waals surface area contributed by atoms with E-state index < -0.39 is 9.84 Å². The third-order valence-corrected chi connectivity index (χ3v) is 7.04. The molecule has 1 saturated heterocycles. The number of hydrogen-bond acceptors (Lipinski definition) is 7. The number of aryl methyl sites for hydroxylation is 1. The minimum Gasteiger partial charge on any atom is -0.356 e. The lowest BCUT2D eigenvalue weighted by molar-refractivity contribution is 0.0993. The summed E-state index contributed by atoms with van der Waals surface area (Å²) in [5.74, 6) is 0.584. The molecule has 0 amide bonds. The highest BCUT2D eigenvalue weighted by Gasteiger charge is 2.18. The quantitative estimate of drug-likeness (QED) is 0.495. The van der Waals surface area contributed by atoms with E-state index in [1.54, 1.807) is 18.3 Å². The number of carbonyl (C=O) groups excluding carboxylic acids is 1. The van der Waals surface area contributed by atoms with Crippen LogP contribution in [0.3, 0.4) is 0 Å². The molecule has 0 radical (unpaired) electrons. The summed E-state index contributed by atoms with van der Waals surface area (Å²) in [7, 11) is -3.45. The van der Waals surface area contributed by atoms with Crippen LogP contribution >= 0.6 is 0 Å². The molecule has 7 nitrogen and oxygen atoms in total. The summed E-state index contributed by atoms with van der Waals surface area (Å²) in [4.78, 5) is 23.7. The average Bonchev–Trinajstić information content (AvgIpc) is 2.84. The van der Waals surface area contributed by atoms with Crippen molar-refractivity contribution < 1.29 is 13.2 Å². The summed E-state index contributed by atoms with van der Waals surface area (Å²) < 4.78 is 23.6. The van der Waals surface area contributed by atoms with Crippen LogP contribution in [0.1, 0.15) is 46.3 Å². The fourth-order valence-electron chi connectivity index (χ4n) is 4.20. The number of aromatic nitrogens is 2. The van der Waals surface area contributed by atoms with E-state index >= 15 is 0 Å². The van der Waals surface area contributed by atoms with Gasteiger partial charge in [0.15, 0.2) is 20.6 Å². The zero-order valence-electron chi connectivity index (χ0n) is 19.3. The number of rotatable bonds is 6. The van der Waals surface area contributed by atoms with E-state index in [4.69, 9.17) is 0 Å². The number of hydrogen-bond donors (Lipinski definition) is 0. The summed E-state index contributed by atoms with van der Waals surface area (Å²) >= 11 is 0. The molecule has 2 aromatic heterocycles. The Bertz CT molecular complexity index is 1390. The Labute approximate surface area is 200 Å². The number of Topliss-reactive ketones (excluding diaryl/α,β-unsaturated/α-hetero) is 1. The fraction of sp³-hybridized carbons (Fsp3) is 0.308. The SMILES string of the molecule is Cc1ccc(C(=O)Cc2ccnc(S(C)(=O)=O)c2)cc1-c1cnc(N2CCCCC2)c(C#N)c1. The molecule has 1 fully saturated rings. The smallest absolute Gasteiger partial charge is 0.192 e. The van der Waals surface area contributed by atoms with Crippen LogP contribution in [0, 0.1) is 18.3 Å². The predicted octanol–water partition coefficient (Wildman–Crippen LogP) is 4.14.